The van der Waals surface area contributed by atoms with Gasteiger partial charge in [-0.05, 0) is 39.8 Å². The summed E-state index contributed by atoms with van der Waals surface area (Å²) in [5.41, 5.74) is 1.10. The Balaban J connectivity index is 1.97. The molecular weight excluding hydrogens is 310 g/mol. The van der Waals surface area contributed by atoms with Crippen LogP contribution in [0.25, 0.3) is 0 Å². The third kappa shape index (κ3) is 4.31. The maximum atomic E-state index is 12.2. The van der Waals surface area contributed by atoms with E-state index in [1.807, 2.05) is 31.6 Å². The molecule has 24 heavy (non-hydrogen) atoms. The Morgan fingerprint density at radius 3 is 2.38 bits per heavy atom. The molecule has 2 rings (SSSR count). The number of carbonyl (C=O) groups excluding carboxylic acids is 1. The van der Waals surface area contributed by atoms with Gasteiger partial charge in [0.1, 0.15) is 6.04 Å². The molecule has 0 aliphatic rings. The molecule has 1 heterocycles. The Morgan fingerprint density at radius 2 is 1.88 bits per heavy atom. The minimum atomic E-state index is -0.488. The first-order chi connectivity index (χ1) is 11.2. The van der Waals surface area contributed by atoms with E-state index in [4.69, 9.17) is 0 Å². The third-order valence-electron chi connectivity index (χ3n) is 3.39. The number of nitrogens with zero attached hydrogens (tertiary/aromatic N) is 3. The van der Waals surface area contributed by atoms with Gasteiger partial charge in [0.15, 0.2) is 0 Å². The summed E-state index contributed by atoms with van der Waals surface area (Å²) in [6, 6.07) is 5.21. The number of non-ortho nitro benzene ring substituents is 1. The second kappa shape index (κ2) is 6.69. The fraction of sp³-hybridized carbons (Fsp3) is 0.375. The number of amides is 1. The Kier molecular flexibility index (Phi) is 4.87. The van der Waals surface area contributed by atoms with Crippen molar-refractivity contribution in [2.45, 2.75) is 39.3 Å². The van der Waals surface area contributed by atoms with Crippen LogP contribution in [0.4, 0.5) is 17.1 Å². The van der Waals surface area contributed by atoms with Crippen LogP contribution in [-0.4, -0.2) is 26.7 Å². The van der Waals surface area contributed by atoms with E-state index in [0.29, 0.717) is 5.69 Å². The van der Waals surface area contributed by atoms with Gasteiger partial charge < -0.3 is 10.6 Å². The first-order valence-electron chi connectivity index (χ1n) is 7.54. The van der Waals surface area contributed by atoms with Crippen LogP contribution in [0.1, 0.15) is 27.7 Å². The molecule has 0 unspecified atom stereocenters. The first kappa shape index (κ1) is 17.5. The topological polar surface area (TPSA) is 102 Å². The van der Waals surface area contributed by atoms with E-state index in [-0.39, 0.29) is 17.1 Å². The number of aromatic nitrogens is 2. The van der Waals surface area contributed by atoms with E-state index in [2.05, 4.69) is 15.7 Å². The van der Waals surface area contributed by atoms with Crippen molar-refractivity contribution in [3.8, 4) is 0 Å². The zero-order chi connectivity index (χ0) is 17.9. The summed E-state index contributed by atoms with van der Waals surface area (Å²) < 4.78 is 1.82. The van der Waals surface area contributed by atoms with E-state index in [0.717, 1.165) is 5.69 Å². The van der Waals surface area contributed by atoms with Crippen molar-refractivity contribution in [3.63, 3.8) is 0 Å². The number of anilines is 2. The van der Waals surface area contributed by atoms with Crippen LogP contribution in [0.15, 0.2) is 36.7 Å². The number of hydrogen-bond acceptors (Lipinski definition) is 5. The zero-order valence-corrected chi connectivity index (χ0v) is 14.1. The monoisotopic (exact) mass is 331 g/mol. The molecule has 0 bridgehead atoms. The van der Waals surface area contributed by atoms with Gasteiger partial charge in [-0.25, -0.2) is 0 Å². The van der Waals surface area contributed by atoms with E-state index < -0.39 is 11.0 Å². The fourth-order valence-corrected chi connectivity index (χ4v) is 2.00. The average Bonchev–Trinajstić information content (AvgIpc) is 2.96. The van der Waals surface area contributed by atoms with Gasteiger partial charge in [0.2, 0.25) is 5.91 Å². The Labute approximate surface area is 140 Å². The highest BCUT2D eigenvalue weighted by Gasteiger charge is 2.17. The van der Waals surface area contributed by atoms with Gasteiger partial charge in [0, 0.05) is 24.0 Å². The highest BCUT2D eigenvalue weighted by atomic mass is 16.6. The van der Waals surface area contributed by atoms with Crippen LogP contribution < -0.4 is 10.6 Å². The van der Waals surface area contributed by atoms with Crippen molar-refractivity contribution in [1.82, 2.24) is 9.78 Å². The lowest BCUT2D eigenvalue weighted by Gasteiger charge is -2.19. The Bertz CT molecular complexity index is 731. The van der Waals surface area contributed by atoms with Crippen LogP contribution in [-0.2, 0) is 10.3 Å². The summed E-state index contributed by atoms with van der Waals surface area (Å²) in [5.74, 6) is -0.243. The predicted molar refractivity (Wildman–Crippen MR) is 92.0 cm³/mol. The number of hydrogen-bond donors (Lipinski definition) is 2. The molecule has 1 aromatic carbocycles. The molecule has 0 fully saturated rings. The lowest BCUT2D eigenvalue weighted by Crippen LogP contribution is -2.31. The van der Waals surface area contributed by atoms with Crippen molar-refractivity contribution in [3.05, 3.63) is 46.8 Å². The molecule has 0 saturated carbocycles. The van der Waals surface area contributed by atoms with Gasteiger partial charge in [0.05, 0.1) is 22.3 Å². The number of benzene rings is 1. The van der Waals surface area contributed by atoms with Crippen LogP contribution in [0.5, 0.6) is 0 Å². The van der Waals surface area contributed by atoms with Crippen LogP contribution in [0.3, 0.4) is 0 Å². The predicted octanol–water partition coefficient (Wildman–Crippen LogP) is 2.99. The van der Waals surface area contributed by atoms with Crippen molar-refractivity contribution in [1.29, 1.82) is 0 Å². The van der Waals surface area contributed by atoms with Gasteiger partial charge in [-0.3, -0.25) is 19.6 Å². The lowest BCUT2D eigenvalue weighted by molar-refractivity contribution is -0.384. The van der Waals surface area contributed by atoms with Crippen LogP contribution in [0, 0.1) is 10.1 Å². The number of nitrogens with one attached hydrogen (secondary N) is 2. The lowest BCUT2D eigenvalue weighted by atomic mass is 10.1. The van der Waals surface area contributed by atoms with Crippen molar-refractivity contribution in [2.75, 3.05) is 10.6 Å². The van der Waals surface area contributed by atoms with Crippen LogP contribution in [0.2, 0.25) is 0 Å². The molecule has 0 aliphatic heterocycles. The SMILES string of the molecule is C[C@@H](Nc1cnn(C(C)(C)C)c1)C(=O)Nc1ccc([N+](=O)[O-])cc1. The summed E-state index contributed by atoms with van der Waals surface area (Å²) in [6.45, 7) is 7.84. The standard InChI is InChI=1S/C16H21N5O3/c1-11(18-13-9-17-20(10-13)16(2,3)4)15(22)19-12-5-7-14(8-6-12)21(23)24/h5-11,18H,1-4H3,(H,19,22)/t11-/m1/s1. The molecule has 8 heteroatoms. The molecule has 1 amide bonds. The van der Waals surface area contributed by atoms with E-state index in [9.17, 15) is 14.9 Å². The van der Waals surface area contributed by atoms with Gasteiger partial charge >= 0.3 is 0 Å². The first-order valence-corrected chi connectivity index (χ1v) is 7.54. The normalized spacial score (nSPS) is 12.5. The molecular formula is C16H21N5O3. The molecule has 8 nitrogen and oxygen atoms in total. The van der Waals surface area contributed by atoms with E-state index in [1.54, 1.807) is 13.1 Å². The van der Waals surface area contributed by atoms with Gasteiger partial charge in [-0.15, -0.1) is 0 Å². The smallest absolute Gasteiger partial charge is 0.269 e. The maximum absolute atomic E-state index is 12.2. The number of carbonyl (C=O) groups is 1. The van der Waals surface area contributed by atoms with Crippen molar-refractivity contribution >= 4 is 23.0 Å². The quantitative estimate of drug-likeness (QED) is 0.648. The summed E-state index contributed by atoms with van der Waals surface area (Å²) >= 11 is 0. The minimum absolute atomic E-state index is 0.0197. The molecule has 1 aromatic heterocycles. The average molecular weight is 331 g/mol. The summed E-state index contributed by atoms with van der Waals surface area (Å²) in [5, 5.41) is 20.7. The summed E-state index contributed by atoms with van der Waals surface area (Å²) in [7, 11) is 0. The van der Waals surface area contributed by atoms with E-state index >= 15 is 0 Å². The number of nitro groups is 1. The molecule has 1 atom stereocenters. The second-order valence-electron chi connectivity index (χ2n) is 6.50. The number of nitro benzene ring substituents is 1. The minimum Gasteiger partial charge on any atom is -0.371 e. The maximum Gasteiger partial charge on any atom is 0.269 e. The van der Waals surface area contributed by atoms with Gasteiger partial charge in [-0.2, -0.15) is 5.10 Å². The van der Waals surface area contributed by atoms with Gasteiger partial charge in [-0.1, -0.05) is 0 Å². The van der Waals surface area contributed by atoms with Crippen molar-refractivity contribution in [2.24, 2.45) is 0 Å². The number of rotatable bonds is 5. The molecule has 2 N–H and O–H groups in total. The summed E-state index contributed by atoms with van der Waals surface area (Å²) in [6.07, 6.45) is 3.51. The summed E-state index contributed by atoms with van der Waals surface area (Å²) in [4.78, 5) is 22.3. The van der Waals surface area contributed by atoms with Crippen molar-refractivity contribution < 1.29 is 9.72 Å². The molecule has 128 valence electrons. The highest BCUT2D eigenvalue weighted by Crippen LogP contribution is 2.18. The van der Waals surface area contributed by atoms with Crippen LogP contribution >= 0.6 is 0 Å². The van der Waals surface area contributed by atoms with E-state index in [1.165, 1.54) is 24.3 Å². The molecule has 0 spiro atoms. The molecule has 0 saturated heterocycles. The fourth-order valence-electron chi connectivity index (χ4n) is 2.00. The zero-order valence-electron chi connectivity index (χ0n) is 14.1. The third-order valence-corrected chi connectivity index (χ3v) is 3.39. The molecule has 2 aromatic rings. The highest BCUT2D eigenvalue weighted by molar-refractivity contribution is 5.96. The Hall–Kier alpha value is -2.90. The Morgan fingerprint density at radius 1 is 1.25 bits per heavy atom. The second-order valence-corrected chi connectivity index (χ2v) is 6.50. The largest absolute Gasteiger partial charge is 0.371 e. The van der Waals surface area contributed by atoms with Gasteiger partial charge in [0.25, 0.3) is 5.69 Å². The molecule has 0 radical (unpaired) electrons. The molecule has 0 aliphatic carbocycles.